The average Bonchev–Trinajstić information content (AvgIpc) is 3.03. The molecule has 114 valence electrons. The summed E-state index contributed by atoms with van der Waals surface area (Å²) in [5, 5.41) is 12.7. The van der Waals surface area contributed by atoms with Gasteiger partial charge in [-0.3, -0.25) is 4.98 Å². The highest BCUT2D eigenvalue weighted by atomic mass is 79.9. The third kappa shape index (κ3) is 3.87. The van der Waals surface area contributed by atoms with Gasteiger partial charge in [0.05, 0.1) is 6.20 Å². The molecule has 2 heterocycles. The maximum atomic E-state index is 9.29. The second-order valence-corrected chi connectivity index (χ2v) is 6.08. The normalized spacial score (nSPS) is 18.4. The topological polar surface area (TPSA) is 54.4 Å². The van der Waals surface area contributed by atoms with Gasteiger partial charge in [-0.1, -0.05) is 22.0 Å². The van der Waals surface area contributed by atoms with Crippen LogP contribution in [0.1, 0.15) is 18.4 Å². The number of nitrogens with one attached hydrogen (secondary N) is 1. The fourth-order valence-corrected chi connectivity index (χ4v) is 2.92. The Bertz CT molecular complexity index is 665. The standard InChI is InChI=1S/C17H17BrN2O2/c18-17(9-13-2-1-7-20-13)12-8-16(11-19-10-12)22-15-5-3-14(21)4-6-15/h3-6,8-11,13,20-21H,1-2,7H2/b17-9-. The maximum absolute atomic E-state index is 9.29. The summed E-state index contributed by atoms with van der Waals surface area (Å²) in [4.78, 5) is 4.23. The van der Waals surface area contributed by atoms with Gasteiger partial charge in [0.25, 0.3) is 0 Å². The molecule has 1 aliphatic heterocycles. The van der Waals surface area contributed by atoms with Crippen molar-refractivity contribution in [2.75, 3.05) is 6.54 Å². The van der Waals surface area contributed by atoms with Crippen molar-refractivity contribution in [3.63, 3.8) is 0 Å². The molecule has 0 aliphatic carbocycles. The molecule has 1 atom stereocenters. The molecule has 2 N–H and O–H groups in total. The molecule has 4 nitrogen and oxygen atoms in total. The number of ether oxygens (including phenoxy) is 1. The number of aromatic nitrogens is 1. The zero-order valence-electron chi connectivity index (χ0n) is 12.0. The summed E-state index contributed by atoms with van der Waals surface area (Å²) in [6.07, 6.45) is 8.02. The molecule has 5 heteroatoms. The van der Waals surface area contributed by atoms with Gasteiger partial charge in [-0.05, 0) is 49.7 Å². The minimum atomic E-state index is 0.217. The van der Waals surface area contributed by atoms with Crippen LogP contribution in [0, 0.1) is 0 Å². The van der Waals surface area contributed by atoms with Crippen molar-refractivity contribution in [1.82, 2.24) is 10.3 Å². The summed E-state index contributed by atoms with van der Waals surface area (Å²) in [5.41, 5.74) is 0.977. The number of halogens is 1. The number of hydrogen-bond acceptors (Lipinski definition) is 4. The molecule has 1 fully saturated rings. The summed E-state index contributed by atoms with van der Waals surface area (Å²) in [5.74, 6) is 1.54. The van der Waals surface area contributed by atoms with E-state index in [1.54, 1.807) is 36.7 Å². The van der Waals surface area contributed by atoms with Crippen LogP contribution in [0.4, 0.5) is 0 Å². The minimum Gasteiger partial charge on any atom is -0.508 e. The molecule has 0 bridgehead atoms. The number of aromatic hydroxyl groups is 1. The molecule has 0 radical (unpaired) electrons. The molecule has 0 amide bonds. The molecule has 22 heavy (non-hydrogen) atoms. The quantitative estimate of drug-likeness (QED) is 0.862. The first kappa shape index (κ1) is 15.1. The van der Waals surface area contributed by atoms with Crippen molar-refractivity contribution < 1.29 is 9.84 Å². The number of rotatable bonds is 4. The van der Waals surface area contributed by atoms with E-state index in [-0.39, 0.29) is 5.75 Å². The van der Waals surface area contributed by atoms with E-state index >= 15 is 0 Å². The molecule has 1 saturated heterocycles. The Morgan fingerprint density at radius 1 is 1.27 bits per heavy atom. The minimum absolute atomic E-state index is 0.217. The summed E-state index contributed by atoms with van der Waals surface area (Å²) in [6.45, 7) is 1.07. The average molecular weight is 361 g/mol. The lowest BCUT2D eigenvalue weighted by Crippen LogP contribution is -2.18. The predicted octanol–water partition coefficient (Wildman–Crippen LogP) is 4.07. The molecule has 2 aromatic rings. The van der Waals surface area contributed by atoms with Crippen LogP contribution in [-0.4, -0.2) is 22.7 Å². The highest BCUT2D eigenvalue weighted by Crippen LogP contribution is 2.28. The summed E-state index contributed by atoms with van der Waals surface area (Å²) in [7, 11) is 0. The second-order valence-electron chi connectivity index (χ2n) is 5.22. The van der Waals surface area contributed by atoms with Crippen LogP contribution in [0.3, 0.4) is 0 Å². The van der Waals surface area contributed by atoms with E-state index in [2.05, 4.69) is 32.3 Å². The molecule has 0 saturated carbocycles. The fourth-order valence-electron chi connectivity index (χ4n) is 2.38. The van der Waals surface area contributed by atoms with E-state index in [0.29, 0.717) is 17.5 Å². The van der Waals surface area contributed by atoms with Crippen LogP contribution in [0.2, 0.25) is 0 Å². The van der Waals surface area contributed by atoms with Gasteiger partial charge in [-0.25, -0.2) is 0 Å². The monoisotopic (exact) mass is 360 g/mol. The van der Waals surface area contributed by atoms with Gasteiger partial charge in [0.1, 0.15) is 17.2 Å². The first-order valence-electron chi connectivity index (χ1n) is 7.24. The summed E-state index contributed by atoms with van der Waals surface area (Å²) < 4.78 is 6.77. The van der Waals surface area contributed by atoms with Crippen LogP contribution >= 0.6 is 15.9 Å². The van der Waals surface area contributed by atoms with Crippen molar-refractivity contribution in [3.8, 4) is 17.2 Å². The molecule has 0 spiro atoms. The highest BCUT2D eigenvalue weighted by molar-refractivity contribution is 9.15. The Hall–Kier alpha value is -1.85. The SMILES string of the molecule is Oc1ccc(Oc2cncc(/C(Br)=C/C3CCCN3)c2)cc1. The van der Waals surface area contributed by atoms with Crippen molar-refractivity contribution >= 4 is 20.4 Å². The summed E-state index contributed by atoms with van der Waals surface area (Å²) in [6, 6.07) is 8.97. The Morgan fingerprint density at radius 3 is 2.82 bits per heavy atom. The van der Waals surface area contributed by atoms with Crippen LogP contribution in [0.5, 0.6) is 17.2 Å². The Kier molecular flexibility index (Phi) is 4.75. The third-order valence-electron chi connectivity index (χ3n) is 3.51. The van der Waals surface area contributed by atoms with Crippen molar-refractivity contribution in [1.29, 1.82) is 0 Å². The molecule has 1 aromatic heterocycles. The van der Waals surface area contributed by atoms with Gasteiger partial charge in [-0.2, -0.15) is 0 Å². The lowest BCUT2D eigenvalue weighted by Gasteiger charge is -2.09. The third-order valence-corrected chi connectivity index (χ3v) is 4.23. The predicted molar refractivity (Wildman–Crippen MR) is 90.3 cm³/mol. The molecular formula is C17H17BrN2O2. The molecule has 3 rings (SSSR count). The Labute approximate surface area is 138 Å². The lowest BCUT2D eigenvalue weighted by molar-refractivity contribution is 0.463. The van der Waals surface area contributed by atoms with E-state index in [4.69, 9.17) is 4.74 Å². The van der Waals surface area contributed by atoms with Crippen LogP contribution in [0.25, 0.3) is 4.48 Å². The molecule has 1 unspecified atom stereocenters. The van der Waals surface area contributed by atoms with E-state index in [1.807, 2.05) is 6.07 Å². The number of pyridine rings is 1. The zero-order chi connectivity index (χ0) is 15.4. The smallest absolute Gasteiger partial charge is 0.146 e. The summed E-state index contributed by atoms with van der Waals surface area (Å²) >= 11 is 3.62. The van der Waals surface area contributed by atoms with Crippen molar-refractivity contribution in [2.24, 2.45) is 0 Å². The van der Waals surface area contributed by atoms with Crippen LogP contribution in [-0.2, 0) is 0 Å². The van der Waals surface area contributed by atoms with E-state index < -0.39 is 0 Å². The van der Waals surface area contributed by atoms with Crippen LogP contribution in [0.15, 0.2) is 48.8 Å². The Balaban J connectivity index is 1.75. The van der Waals surface area contributed by atoms with E-state index in [9.17, 15) is 5.11 Å². The number of phenolic OH excluding ortho intramolecular Hbond substituents is 1. The molecule has 1 aromatic carbocycles. The van der Waals surface area contributed by atoms with Crippen molar-refractivity contribution in [2.45, 2.75) is 18.9 Å². The van der Waals surface area contributed by atoms with Crippen molar-refractivity contribution in [3.05, 3.63) is 54.4 Å². The Morgan fingerprint density at radius 2 is 2.09 bits per heavy atom. The van der Waals surface area contributed by atoms with Gasteiger partial charge in [0.2, 0.25) is 0 Å². The fraction of sp³-hybridized carbons (Fsp3) is 0.235. The van der Waals surface area contributed by atoms with E-state index in [0.717, 1.165) is 23.0 Å². The number of hydrogen-bond donors (Lipinski definition) is 2. The first-order chi connectivity index (χ1) is 10.7. The zero-order valence-corrected chi connectivity index (χ0v) is 13.6. The van der Waals surface area contributed by atoms with Gasteiger partial charge < -0.3 is 15.2 Å². The van der Waals surface area contributed by atoms with Gasteiger partial charge >= 0.3 is 0 Å². The molecular weight excluding hydrogens is 344 g/mol. The van der Waals surface area contributed by atoms with Gasteiger partial charge in [0.15, 0.2) is 0 Å². The number of nitrogens with zero attached hydrogens (tertiary/aromatic N) is 1. The highest BCUT2D eigenvalue weighted by Gasteiger charge is 2.12. The van der Waals surface area contributed by atoms with Gasteiger partial charge in [0, 0.05) is 22.3 Å². The van der Waals surface area contributed by atoms with Crippen LogP contribution < -0.4 is 10.1 Å². The largest absolute Gasteiger partial charge is 0.508 e. The molecule has 1 aliphatic rings. The van der Waals surface area contributed by atoms with Gasteiger partial charge in [-0.15, -0.1) is 0 Å². The lowest BCUT2D eigenvalue weighted by atomic mass is 10.1. The maximum Gasteiger partial charge on any atom is 0.146 e. The first-order valence-corrected chi connectivity index (χ1v) is 8.03. The second kappa shape index (κ2) is 6.94. The number of benzene rings is 1. The van der Waals surface area contributed by atoms with E-state index in [1.165, 1.54) is 6.42 Å². The number of phenols is 1.